The van der Waals surface area contributed by atoms with E-state index in [2.05, 4.69) is 32.5 Å². The largest absolute Gasteiger partial charge is 0.495 e. The van der Waals surface area contributed by atoms with Crippen LogP contribution in [0.1, 0.15) is 10.4 Å². The Morgan fingerprint density at radius 3 is 2.51 bits per heavy atom. The van der Waals surface area contributed by atoms with Crippen LogP contribution in [0.25, 0.3) is 0 Å². The maximum atomic E-state index is 12.6. The molecule has 2 aromatic carbocycles. The first-order chi connectivity index (χ1) is 16.7. The van der Waals surface area contributed by atoms with Gasteiger partial charge in [0, 0.05) is 19.8 Å². The van der Waals surface area contributed by atoms with E-state index in [0.29, 0.717) is 22.8 Å². The summed E-state index contributed by atoms with van der Waals surface area (Å²) >= 11 is 6.28. The number of halogens is 1. The predicted molar refractivity (Wildman–Crippen MR) is 135 cm³/mol. The Bertz CT molecular complexity index is 1290. The first-order valence-electron chi connectivity index (χ1n) is 10.3. The van der Waals surface area contributed by atoms with Crippen molar-refractivity contribution in [3.63, 3.8) is 0 Å². The van der Waals surface area contributed by atoms with Crippen molar-refractivity contribution in [2.45, 2.75) is 0 Å². The van der Waals surface area contributed by atoms with Crippen LogP contribution >= 0.6 is 11.6 Å². The number of methoxy groups -OCH3 is 1. The van der Waals surface area contributed by atoms with Crippen LogP contribution in [-0.2, 0) is 9.59 Å². The lowest BCUT2D eigenvalue weighted by Gasteiger charge is -2.15. The van der Waals surface area contributed by atoms with E-state index in [1.165, 1.54) is 38.4 Å². The Kier molecular flexibility index (Phi) is 8.00. The highest BCUT2D eigenvalue weighted by molar-refractivity contribution is 6.43. The summed E-state index contributed by atoms with van der Waals surface area (Å²) in [6.07, 6.45) is 2.53. The number of likely N-dealkylation sites (N-methyl/N-ethyl adjacent to an activating group) is 1. The van der Waals surface area contributed by atoms with Gasteiger partial charge in [-0.05, 0) is 36.4 Å². The first-order valence-corrected chi connectivity index (χ1v) is 10.6. The maximum Gasteiger partial charge on any atom is 0.294 e. The molecular formula is C24H23ClN6O4. The molecule has 0 bridgehead atoms. The van der Waals surface area contributed by atoms with Crippen molar-refractivity contribution in [1.82, 2.24) is 14.9 Å². The number of nitrogens with one attached hydrogen (secondary N) is 3. The Morgan fingerprint density at radius 2 is 1.83 bits per heavy atom. The van der Waals surface area contributed by atoms with Gasteiger partial charge in [-0.3, -0.25) is 14.4 Å². The number of hydrogen-bond acceptors (Lipinski definition) is 8. The summed E-state index contributed by atoms with van der Waals surface area (Å²) in [6, 6.07) is 11.6. The molecule has 10 nitrogen and oxygen atoms in total. The van der Waals surface area contributed by atoms with Crippen LogP contribution in [0.15, 0.2) is 61.3 Å². The third-order valence-corrected chi connectivity index (χ3v) is 4.94. The predicted octanol–water partition coefficient (Wildman–Crippen LogP) is 4.02. The monoisotopic (exact) mass is 494 g/mol. The van der Waals surface area contributed by atoms with Crippen LogP contribution in [0.4, 0.5) is 28.8 Å². The number of anilines is 5. The number of para-hydroxylation sites is 1. The smallest absolute Gasteiger partial charge is 0.294 e. The van der Waals surface area contributed by atoms with E-state index in [-0.39, 0.29) is 22.4 Å². The van der Waals surface area contributed by atoms with Crippen molar-refractivity contribution >= 4 is 58.0 Å². The molecule has 3 rings (SSSR count). The summed E-state index contributed by atoms with van der Waals surface area (Å²) in [6.45, 7) is 3.44. The minimum absolute atomic E-state index is 0.174. The Morgan fingerprint density at radius 1 is 1.09 bits per heavy atom. The quantitative estimate of drug-likeness (QED) is 0.231. The number of carbonyl (C=O) groups excluding carboxylic acids is 3. The van der Waals surface area contributed by atoms with E-state index in [0.717, 1.165) is 6.08 Å². The number of aromatic nitrogens is 2. The second-order valence-corrected chi connectivity index (χ2v) is 7.73. The molecule has 0 saturated carbocycles. The molecule has 0 atom stereocenters. The Hall–Kier alpha value is -4.44. The van der Waals surface area contributed by atoms with Gasteiger partial charge in [0.1, 0.15) is 10.8 Å². The molecule has 3 aromatic rings. The van der Waals surface area contributed by atoms with Gasteiger partial charge in [0.15, 0.2) is 5.82 Å². The number of rotatable bonds is 9. The lowest BCUT2D eigenvalue weighted by atomic mass is 10.1. The number of ketones is 1. The van der Waals surface area contributed by atoms with Crippen molar-refractivity contribution in [2.75, 3.05) is 37.2 Å². The van der Waals surface area contributed by atoms with Crippen LogP contribution < -0.4 is 20.7 Å². The van der Waals surface area contributed by atoms with Gasteiger partial charge in [-0.1, -0.05) is 30.3 Å². The topological polar surface area (TPSA) is 126 Å². The standard InChI is InChI=1S/C24H23ClN6O4/c1-5-20(32)28-18-12-14(10-11-19(18)35-4)27-24-26-13-16(25)22(30-24)29-17-9-7-6-8-15(17)21(33)23(34)31(2)3/h5-13H,1H2,2-4H3,(H,28,32)(H2,26,27,29,30). The molecule has 35 heavy (non-hydrogen) atoms. The van der Waals surface area contributed by atoms with Crippen molar-refractivity contribution < 1.29 is 19.1 Å². The molecule has 0 saturated heterocycles. The normalized spacial score (nSPS) is 10.2. The first kappa shape index (κ1) is 25.2. The molecule has 0 aliphatic heterocycles. The zero-order valence-corrected chi connectivity index (χ0v) is 20.0. The van der Waals surface area contributed by atoms with Crippen LogP contribution in [0.2, 0.25) is 5.02 Å². The van der Waals surface area contributed by atoms with Crippen molar-refractivity contribution in [3.8, 4) is 5.75 Å². The second-order valence-electron chi connectivity index (χ2n) is 7.32. The third-order valence-electron chi connectivity index (χ3n) is 4.67. The van der Waals surface area contributed by atoms with Gasteiger partial charge in [-0.15, -0.1) is 0 Å². The molecule has 0 aliphatic rings. The Labute approximate surface area is 207 Å². The summed E-state index contributed by atoms with van der Waals surface area (Å²) < 4.78 is 5.27. The number of ether oxygens (including phenoxy) is 1. The van der Waals surface area contributed by atoms with E-state index in [1.807, 2.05) is 0 Å². The van der Waals surface area contributed by atoms with Gasteiger partial charge in [0.2, 0.25) is 11.9 Å². The molecule has 2 amide bonds. The molecule has 0 unspecified atom stereocenters. The van der Waals surface area contributed by atoms with E-state index in [9.17, 15) is 14.4 Å². The fraction of sp³-hybridized carbons (Fsp3) is 0.125. The van der Waals surface area contributed by atoms with Gasteiger partial charge in [0.25, 0.3) is 11.7 Å². The van der Waals surface area contributed by atoms with Gasteiger partial charge in [-0.25, -0.2) is 4.98 Å². The fourth-order valence-corrected chi connectivity index (χ4v) is 3.09. The number of benzene rings is 2. The van der Waals surface area contributed by atoms with Crippen LogP contribution in [0.5, 0.6) is 5.75 Å². The van der Waals surface area contributed by atoms with Crippen LogP contribution in [-0.4, -0.2) is 53.7 Å². The van der Waals surface area contributed by atoms with E-state index < -0.39 is 17.6 Å². The van der Waals surface area contributed by atoms with Crippen molar-refractivity contribution in [1.29, 1.82) is 0 Å². The highest BCUT2D eigenvalue weighted by Gasteiger charge is 2.21. The molecule has 1 heterocycles. The summed E-state index contributed by atoms with van der Waals surface area (Å²) in [5.74, 6) is -0.857. The molecule has 0 aliphatic carbocycles. The summed E-state index contributed by atoms with van der Waals surface area (Å²) in [7, 11) is 4.49. The second kappa shape index (κ2) is 11.1. The van der Waals surface area contributed by atoms with Gasteiger partial charge < -0.3 is 25.6 Å². The summed E-state index contributed by atoms with van der Waals surface area (Å²) in [4.78, 5) is 46.3. The molecule has 180 valence electrons. The average Bonchev–Trinajstić information content (AvgIpc) is 2.85. The number of nitrogens with zero attached hydrogens (tertiary/aromatic N) is 3. The lowest BCUT2D eigenvalue weighted by Crippen LogP contribution is -2.30. The molecule has 0 radical (unpaired) electrons. The number of carbonyl (C=O) groups is 3. The Balaban J connectivity index is 1.88. The number of amides is 2. The summed E-state index contributed by atoms with van der Waals surface area (Å²) in [5, 5.41) is 8.90. The van der Waals surface area contributed by atoms with Gasteiger partial charge in [-0.2, -0.15) is 4.98 Å². The number of hydrogen-bond donors (Lipinski definition) is 3. The van der Waals surface area contributed by atoms with Crippen LogP contribution in [0, 0.1) is 0 Å². The average molecular weight is 495 g/mol. The number of Topliss-reactive ketones (excluding diaryl/α,β-unsaturated/α-hetero) is 1. The molecule has 3 N–H and O–H groups in total. The third kappa shape index (κ3) is 6.12. The SMILES string of the molecule is C=CC(=O)Nc1cc(Nc2ncc(Cl)c(Nc3ccccc3C(=O)C(=O)N(C)C)n2)ccc1OC. The zero-order chi connectivity index (χ0) is 25.5. The van der Waals surface area contributed by atoms with Gasteiger partial charge >= 0.3 is 0 Å². The molecule has 0 fully saturated rings. The van der Waals surface area contributed by atoms with Gasteiger partial charge in [0.05, 0.1) is 30.2 Å². The lowest BCUT2D eigenvalue weighted by molar-refractivity contribution is -0.124. The highest BCUT2D eigenvalue weighted by Crippen LogP contribution is 2.30. The molecule has 1 aromatic heterocycles. The summed E-state index contributed by atoms with van der Waals surface area (Å²) in [5.41, 5.74) is 1.52. The minimum atomic E-state index is -0.672. The minimum Gasteiger partial charge on any atom is -0.495 e. The van der Waals surface area contributed by atoms with Crippen LogP contribution in [0.3, 0.4) is 0 Å². The molecular weight excluding hydrogens is 472 g/mol. The van der Waals surface area contributed by atoms with E-state index >= 15 is 0 Å². The molecule has 11 heteroatoms. The van der Waals surface area contributed by atoms with E-state index in [1.54, 1.807) is 36.4 Å². The van der Waals surface area contributed by atoms with Crippen molar-refractivity contribution in [3.05, 3.63) is 71.9 Å². The maximum absolute atomic E-state index is 12.6. The zero-order valence-electron chi connectivity index (χ0n) is 19.3. The highest BCUT2D eigenvalue weighted by atomic mass is 35.5. The van der Waals surface area contributed by atoms with E-state index in [4.69, 9.17) is 16.3 Å². The molecule has 0 spiro atoms. The van der Waals surface area contributed by atoms with Crippen molar-refractivity contribution in [2.24, 2.45) is 0 Å². The fourth-order valence-electron chi connectivity index (χ4n) is 2.95.